The Hall–Kier alpha value is -1.44. The van der Waals surface area contributed by atoms with Gasteiger partial charge in [0.05, 0.1) is 12.6 Å². The van der Waals surface area contributed by atoms with Gasteiger partial charge in [-0.2, -0.15) is 0 Å². The molecule has 0 saturated carbocycles. The molecule has 3 heterocycles. The molecule has 1 aromatic rings. The highest BCUT2D eigenvalue weighted by Crippen LogP contribution is 2.23. The lowest BCUT2D eigenvalue weighted by atomic mass is 10.1. The fraction of sp³-hybridized carbons (Fsp3) is 0.733. The first kappa shape index (κ1) is 15.5. The fourth-order valence-electron chi connectivity index (χ4n) is 3.18. The summed E-state index contributed by atoms with van der Waals surface area (Å²) in [5.41, 5.74) is 0. The Bertz CT molecular complexity index is 532. The largest absolute Gasteiger partial charge is 0.366 e. The maximum Gasteiger partial charge on any atom is 0.253 e. The number of aromatic nitrogens is 2. The predicted molar refractivity (Wildman–Crippen MR) is 82.4 cm³/mol. The zero-order valence-electron chi connectivity index (χ0n) is 13.6. The van der Waals surface area contributed by atoms with Crippen molar-refractivity contribution < 1.29 is 9.53 Å². The number of likely N-dealkylation sites (N-methyl/N-ethyl adjacent to an activating group) is 2. The molecule has 0 aliphatic carbocycles. The number of piperazine rings is 1. The summed E-state index contributed by atoms with van der Waals surface area (Å²) in [5, 5.41) is 0. The Morgan fingerprint density at radius 2 is 2.05 bits per heavy atom. The van der Waals surface area contributed by atoms with Crippen molar-refractivity contribution in [2.45, 2.75) is 12.1 Å². The highest BCUT2D eigenvalue weighted by Gasteiger charge is 2.35. The number of carbonyl (C=O) groups excluding carboxylic acids is 1. The van der Waals surface area contributed by atoms with E-state index in [0.29, 0.717) is 19.7 Å². The number of carbonyl (C=O) groups is 1. The summed E-state index contributed by atoms with van der Waals surface area (Å²) >= 11 is 0. The number of nitrogens with zero attached hydrogens (tertiary/aromatic N) is 5. The van der Waals surface area contributed by atoms with Crippen LogP contribution in [0, 0.1) is 0 Å². The topological polar surface area (TPSA) is 53.8 Å². The van der Waals surface area contributed by atoms with E-state index in [2.05, 4.69) is 21.8 Å². The monoisotopic (exact) mass is 307 g/mol. The number of ether oxygens (including phenoxy) is 1. The Kier molecular flexibility index (Phi) is 4.46. The van der Waals surface area contributed by atoms with E-state index in [9.17, 15) is 4.79 Å². The van der Waals surface area contributed by atoms with Crippen molar-refractivity contribution in [3.8, 4) is 0 Å². The van der Waals surface area contributed by atoms with Crippen LogP contribution in [0.1, 0.15) is 11.9 Å². The van der Waals surface area contributed by atoms with Gasteiger partial charge in [-0.05, 0) is 14.1 Å². The predicted octanol–water partition coefficient (Wildman–Crippen LogP) is -0.434. The first-order valence-corrected chi connectivity index (χ1v) is 7.82. The number of rotatable bonds is 2. The van der Waals surface area contributed by atoms with Gasteiger partial charge in [-0.3, -0.25) is 9.69 Å². The summed E-state index contributed by atoms with van der Waals surface area (Å²) in [7, 11) is 6.12. The van der Waals surface area contributed by atoms with E-state index < -0.39 is 0 Å². The smallest absolute Gasteiger partial charge is 0.253 e. The van der Waals surface area contributed by atoms with Gasteiger partial charge in [0, 0.05) is 52.2 Å². The van der Waals surface area contributed by atoms with E-state index in [1.54, 1.807) is 0 Å². The highest BCUT2D eigenvalue weighted by molar-refractivity contribution is 5.81. The lowest BCUT2D eigenvalue weighted by Gasteiger charge is -2.41. The van der Waals surface area contributed by atoms with Crippen molar-refractivity contribution in [2.75, 3.05) is 53.4 Å². The second-order valence-electron chi connectivity index (χ2n) is 6.30. The van der Waals surface area contributed by atoms with Gasteiger partial charge >= 0.3 is 0 Å². The van der Waals surface area contributed by atoms with Crippen LogP contribution in [-0.2, 0) is 16.6 Å². The van der Waals surface area contributed by atoms with Crippen LogP contribution in [0.25, 0.3) is 0 Å². The van der Waals surface area contributed by atoms with Gasteiger partial charge in [0.15, 0.2) is 0 Å². The molecule has 1 amide bonds. The number of imidazole rings is 1. The first-order valence-electron chi connectivity index (χ1n) is 7.82. The minimum atomic E-state index is -0.329. The van der Waals surface area contributed by atoms with Gasteiger partial charge in [0.25, 0.3) is 5.91 Å². The second-order valence-corrected chi connectivity index (χ2v) is 6.30. The van der Waals surface area contributed by atoms with Crippen LogP contribution >= 0.6 is 0 Å². The van der Waals surface area contributed by atoms with Gasteiger partial charge in [-0.25, -0.2) is 4.98 Å². The molecular weight excluding hydrogens is 282 g/mol. The molecule has 0 aromatic carbocycles. The summed E-state index contributed by atoms with van der Waals surface area (Å²) < 4.78 is 7.70. The summed E-state index contributed by atoms with van der Waals surface area (Å²) in [6.45, 7) is 4.47. The lowest BCUT2D eigenvalue weighted by Crippen LogP contribution is -2.55. The van der Waals surface area contributed by atoms with Gasteiger partial charge < -0.3 is 19.1 Å². The maximum atomic E-state index is 12.7. The van der Waals surface area contributed by atoms with E-state index in [4.69, 9.17) is 4.74 Å². The number of morpholine rings is 1. The van der Waals surface area contributed by atoms with Crippen LogP contribution in [0.4, 0.5) is 0 Å². The third kappa shape index (κ3) is 3.02. The molecule has 0 radical (unpaired) electrons. The van der Waals surface area contributed by atoms with Gasteiger partial charge in [-0.15, -0.1) is 0 Å². The van der Waals surface area contributed by atoms with Crippen molar-refractivity contribution in [1.82, 2.24) is 24.3 Å². The average Bonchev–Trinajstić information content (AvgIpc) is 2.93. The number of hydrogen-bond donors (Lipinski definition) is 0. The van der Waals surface area contributed by atoms with E-state index in [0.717, 1.165) is 25.5 Å². The molecule has 2 aliphatic heterocycles. The van der Waals surface area contributed by atoms with Crippen molar-refractivity contribution >= 4 is 5.91 Å². The Labute approximate surface area is 131 Å². The van der Waals surface area contributed by atoms with Crippen LogP contribution in [-0.4, -0.2) is 89.7 Å². The third-order valence-electron chi connectivity index (χ3n) is 4.66. The zero-order valence-corrected chi connectivity index (χ0v) is 13.6. The van der Waals surface area contributed by atoms with Crippen molar-refractivity contribution in [3.05, 3.63) is 18.2 Å². The molecule has 22 heavy (non-hydrogen) atoms. The molecule has 7 nitrogen and oxygen atoms in total. The summed E-state index contributed by atoms with van der Waals surface area (Å²) in [4.78, 5) is 23.5. The maximum absolute atomic E-state index is 12.7. The molecule has 0 unspecified atom stereocenters. The Morgan fingerprint density at radius 3 is 2.73 bits per heavy atom. The molecule has 2 fully saturated rings. The van der Waals surface area contributed by atoms with Gasteiger partial charge in [0.2, 0.25) is 0 Å². The number of hydrogen-bond acceptors (Lipinski definition) is 5. The molecule has 3 rings (SSSR count). The molecule has 2 aliphatic rings. The molecule has 0 bridgehead atoms. The highest BCUT2D eigenvalue weighted by atomic mass is 16.5. The molecule has 122 valence electrons. The van der Waals surface area contributed by atoms with Crippen LogP contribution < -0.4 is 0 Å². The van der Waals surface area contributed by atoms with Gasteiger partial charge in [-0.1, -0.05) is 0 Å². The van der Waals surface area contributed by atoms with Crippen molar-refractivity contribution in [3.63, 3.8) is 0 Å². The van der Waals surface area contributed by atoms with Crippen LogP contribution in [0.3, 0.4) is 0 Å². The Morgan fingerprint density at radius 1 is 1.23 bits per heavy atom. The summed E-state index contributed by atoms with van der Waals surface area (Å²) in [5.74, 6) is 1.11. The summed E-state index contributed by atoms with van der Waals surface area (Å²) in [6, 6.07) is 0.138. The summed E-state index contributed by atoms with van der Waals surface area (Å²) in [6.07, 6.45) is 3.43. The minimum absolute atomic E-state index is 0.110. The SMILES string of the molecule is CN1CCO[C@@H](C(=O)N2CCN(C)[C@@H](c3nccn3C)C2)C1. The van der Waals surface area contributed by atoms with Crippen LogP contribution in [0.15, 0.2) is 12.4 Å². The quantitative estimate of drug-likeness (QED) is 0.742. The minimum Gasteiger partial charge on any atom is -0.366 e. The molecule has 7 heteroatoms. The fourth-order valence-corrected chi connectivity index (χ4v) is 3.18. The molecular formula is C15H25N5O2. The van der Waals surface area contributed by atoms with E-state index in [1.807, 2.05) is 36.0 Å². The molecule has 0 spiro atoms. The second kappa shape index (κ2) is 6.36. The third-order valence-corrected chi connectivity index (χ3v) is 4.66. The average molecular weight is 307 g/mol. The Balaban J connectivity index is 1.70. The van der Waals surface area contributed by atoms with Crippen molar-refractivity contribution in [2.24, 2.45) is 7.05 Å². The van der Waals surface area contributed by atoms with Crippen LogP contribution in [0.5, 0.6) is 0 Å². The zero-order chi connectivity index (χ0) is 15.7. The van der Waals surface area contributed by atoms with E-state index in [1.165, 1.54) is 0 Å². The molecule has 2 saturated heterocycles. The number of aryl methyl sites for hydroxylation is 1. The van der Waals surface area contributed by atoms with Gasteiger partial charge in [0.1, 0.15) is 11.9 Å². The first-order chi connectivity index (χ1) is 10.6. The van der Waals surface area contributed by atoms with E-state index in [-0.39, 0.29) is 18.1 Å². The van der Waals surface area contributed by atoms with Crippen LogP contribution in [0.2, 0.25) is 0 Å². The van der Waals surface area contributed by atoms with Crippen molar-refractivity contribution in [1.29, 1.82) is 0 Å². The normalized spacial score (nSPS) is 28.0. The standard InChI is InChI=1S/C15H25N5O2/c1-17-8-9-22-13(11-17)15(21)20-7-6-18(2)12(10-20)14-16-4-5-19(14)3/h4-5,12-13H,6-11H2,1-3H3/t12-,13-/m1/s1. The van der Waals surface area contributed by atoms with E-state index >= 15 is 0 Å². The molecule has 1 aromatic heterocycles. The number of amides is 1. The molecule has 0 N–H and O–H groups in total. The molecule has 2 atom stereocenters. The lowest BCUT2D eigenvalue weighted by molar-refractivity contribution is -0.151.